The molecule has 1 amide bonds. The predicted molar refractivity (Wildman–Crippen MR) is 106 cm³/mol. The van der Waals surface area contributed by atoms with Crippen LogP contribution in [0.4, 0.5) is 5.69 Å². The maximum Gasteiger partial charge on any atom is 0.305 e. The van der Waals surface area contributed by atoms with Crippen LogP contribution < -0.4 is 5.32 Å². The number of fused-ring (bicyclic) bond motifs is 1. The molecular weight excluding hydrogens is 441 g/mol. The van der Waals surface area contributed by atoms with Gasteiger partial charge in [-0.25, -0.2) is 0 Å². The van der Waals surface area contributed by atoms with Crippen LogP contribution >= 0.6 is 39.1 Å². The van der Waals surface area contributed by atoms with Crippen molar-refractivity contribution in [1.82, 2.24) is 0 Å². The number of carbonyl (C=O) groups excluding carboxylic acids is 2. The van der Waals surface area contributed by atoms with Crippen molar-refractivity contribution in [2.24, 2.45) is 0 Å². The molecule has 0 aromatic heterocycles. The number of hydrogen-bond acceptors (Lipinski definition) is 3. The highest BCUT2D eigenvalue weighted by Gasteiger charge is 2.51. The highest BCUT2D eigenvalue weighted by molar-refractivity contribution is 9.10. The van der Waals surface area contributed by atoms with Gasteiger partial charge in [-0.1, -0.05) is 57.3 Å². The Morgan fingerprint density at radius 1 is 1.23 bits per heavy atom. The second kappa shape index (κ2) is 7.59. The van der Waals surface area contributed by atoms with Gasteiger partial charge in [0.1, 0.15) is 4.32 Å². The van der Waals surface area contributed by atoms with Crippen molar-refractivity contribution < 1.29 is 14.3 Å². The van der Waals surface area contributed by atoms with Gasteiger partial charge in [0.05, 0.1) is 7.11 Å². The Balaban J connectivity index is 2.09. The summed E-state index contributed by atoms with van der Waals surface area (Å²) in [4.78, 5) is 24.7. The Bertz CT molecular complexity index is 874. The van der Waals surface area contributed by atoms with Crippen molar-refractivity contribution in [3.8, 4) is 0 Å². The first-order valence-corrected chi connectivity index (χ1v) is 9.54. The van der Waals surface area contributed by atoms with Crippen LogP contribution in [0.5, 0.6) is 0 Å². The first-order valence-electron chi connectivity index (χ1n) is 7.99. The van der Waals surface area contributed by atoms with E-state index in [-0.39, 0.29) is 24.2 Å². The number of nitrogens with one attached hydrogen (secondary N) is 1. The molecule has 1 N–H and O–H groups in total. The van der Waals surface area contributed by atoms with Crippen LogP contribution in [0.15, 0.2) is 42.5 Å². The first kappa shape index (κ1) is 19.2. The number of esters is 1. The first-order chi connectivity index (χ1) is 12.4. The van der Waals surface area contributed by atoms with Gasteiger partial charge < -0.3 is 10.1 Å². The fraction of sp³-hybridized carbons (Fsp3) is 0.263. The van der Waals surface area contributed by atoms with Crippen LogP contribution in [-0.4, -0.2) is 19.0 Å². The van der Waals surface area contributed by atoms with E-state index in [9.17, 15) is 9.59 Å². The van der Waals surface area contributed by atoms with Gasteiger partial charge in [0.2, 0.25) is 5.91 Å². The van der Waals surface area contributed by atoms with Crippen LogP contribution in [0.2, 0.25) is 10.0 Å². The summed E-state index contributed by atoms with van der Waals surface area (Å²) in [5, 5.41) is 3.98. The Labute approximate surface area is 169 Å². The highest BCUT2D eigenvalue weighted by Crippen LogP contribution is 2.53. The Morgan fingerprint density at radius 3 is 2.65 bits per heavy atom. The molecule has 0 fully saturated rings. The number of halogens is 3. The molecule has 0 saturated heterocycles. The molecule has 4 nitrogen and oxygen atoms in total. The van der Waals surface area contributed by atoms with Crippen LogP contribution in [0, 0.1) is 0 Å². The minimum atomic E-state index is -1.04. The van der Waals surface area contributed by atoms with Crippen LogP contribution in [0.1, 0.15) is 29.9 Å². The van der Waals surface area contributed by atoms with Gasteiger partial charge in [-0.05, 0) is 36.2 Å². The quantitative estimate of drug-likeness (QED) is 0.492. The zero-order chi connectivity index (χ0) is 18.9. The molecule has 0 unspecified atom stereocenters. The third kappa shape index (κ3) is 3.48. The Morgan fingerprint density at radius 2 is 1.96 bits per heavy atom. The van der Waals surface area contributed by atoms with E-state index in [0.29, 0.717) is 22.2 Å². The molecule has 2 aromatic rings. The molecule has 1 aliphatic rings. The van der Waals surface area contributed by atoms with E-state index >= 15 is 0 Å². The van der Waals surface area contributed by atoms with Crippen molar-refractivity contribution in [2.45, 2.75) is 23.1 Å². The topological polar surface area (TPSA) is 55.4 Å². The van der Waals surface area contributed by atoms with Crippen molar-refractivity contribution in [3.05, 3.63) is 63.6 Å². The lowest BCUT2D eigenvalue weighted by molar-refractivity contribution is -0.141. The van der Waals surface area contributed by atoms with E-state index in [1.807, 2.05) is 24.3 Å². The minimum Gasteiger partial charge on any atom is -0.469 e. The van der Waals surface area contributed by atoms with Gasteiger partial charge in [0.15, 0.2) is 0 Å². The molecule has 0 radical (unpaired) electrons. The molecular formula is C19H16BrCl2NO3. The van der Waals surface area contributed by atoms with Crippen molar-refractivity contribution in [2.75, 3.05) is 12.4 Å². The fourth-order valence-electron chi connectivity index (χ4n) is 3.30. The summed E-state index contributed by atoms with van der Waals surface area (Å²) in [5.41, 5.74) is 2.29. The highest BCUT2D eigenvalue weighted by atomic mass is 79.9. The number of rotatable bonds is 5. The maximum absolute atomic E-state index is 12.9. The SMILES string of the molecule is COC(=O)CC[C@@H](c1cccc(Cl)c1)[C@@]1(Br)C(=O)Nc2cc(Cl)ccc21. The molecule has 1 heterocycles. The third-order valence-electron chi connectivity index (χ3n) is 4.55. The van der Waals surface area contributed by atoms with Gasteiger partial charge in [-0.2, -0.15) is 0 Å². The lowest BCUT2D eigenvalue weighted by Gasteiger charge is -2.31. The Hall–Kier alpha value is -1.56. The molecule has 0 bridgehead atoms. The third-order valence-corrected chi connectivity index (χ3v) is 6.36. The molecule has 0 spiro atoms. The molecule has 3 rings (SSSR count). The number of amides is 1. The molecule has 0 saturated carbocycles. The predicted octanol–water partition coefficient (Wildman–Crippen LogP) is 5.27. The van der Waals surface area contributed by atoms with Crippen LogP contribution in [0.25, 0.3) is 0 Å². The summed E-state index contributed by atoms with van der Waals surface area (Å²) in [5.74, 6) is -0.866. The number of methoxy groups -OCH3 is 1. The summed E-state index contributed by atoms with van der Waals surface area (Å²) in [6, 6.07) is 12.6. The zero-order valence-electron chi connectivity index (χ0n) is 13.9. The number of alkyl halides is 1. The zero-order valence-corrected chi connectivity index (χ0v) is 17.0. The average molecular weight is 457 g/mol. The molecule has 7 heteroatoms. The van der Waals surface area contributed by atoms with E-state index < -0.39 is 4.32 Å². The number of benzene rings is 2. The number of hydrogen-bond donors (Lipinski definition) is 1. The molecule has 2 atom stereocenters. The van der Waals surface area contributed by atoms with Crippen molar-refractivity contribution in [3.63, 3.8) is 0 Å². The van der Waals surface area contributed by atoms with Gasteiger partial charge in [0, 0.05) is 33.6 Å². The van der Waals surface area contributed by atoms with Gasteiger partial charge in [-0.3, -0.25) is 9.59 Å². The van der Waals surface area contributed by atoms with E-state index in [1.54, 1.807) is 18.2 Å². The normalized spacial score (nSPS) is 19.6. The lowest BCUT2D eigenvalue weighted by Crippen LogP contribution is -2.35. The van der Waals surface area contributed by atoms with Gasteiger partial charge >= 0.3 is 5.97 Å². The average Bonchev–Trinajstić information content (AvgIpc) is 2.85. The van der Waals surface area contributed by atoms with Gasteiger partial charge in [-0.15, -0.1) is 0 Å². The summed E-state index contributed by atoms with van der Waals surface area (Å²) in [6.45, 7) is 0. The lowest BCUT2D eigenvalue weighted by atomic mass is 9.79. The number of carbonyl (C=O) groups is 2. The van der Waals surface area contributed by atoms with Gasteiger partial charge in [0.25, 0.3) is 0 Å². The van der Waals surface area contributed by atoms with Crippen molar-refractivity contribution >= 4 is 56.7 Å². The maximum atomic E-state index is 12.9. The number of anilines is 1. The summed E-state index contributed by atoms with van der Waals surface area (Å²) in [6.07, 6.45) is 0.588. The van der Waals surface area contributed by atoms with E-state index in [0.717, 1.165) is 11.1 Å². The van der Waals surface area contributed by atoms with E-state index in [4.69, 9.17) is 27.9 Å². The largest absolute Gasteiger partial charge is 0.469 e. The van der Waals surface area contributed by atoms with Crippen LogP contribution in [-0.2, 0) is 18.7 Å². The van der Waals surface area contributed by atoms with Crippen LogP contribution in [0.3, 0.4) is 0 Å². The second-order valence-corrected chi connectivity index (χ2v) is 8.20. The fourth-order valence-corrected chi connectivity index (χ4v) is 4.61. The molecule has 2 aromatic carbocycles. The minimum absolute atomic E-state index is 0.178. The van der Waals surface area contributed by atoms with E-state index in [2.05, 4.69) is 21.2 Å². The standard InChI is InChI=1S/C19H16BrCl2NO3/c1-26-17(24)8-7-14(11-3-2-4-12(21)9-11)19(20)15-6-5-13(22)10-16(15)23-18(19)25/h2-6,9-10,14H,7-8H2,1H3,(H,23,25)/t14-,19-/m0/s1. The number of ether oxygens (including phenoxy) is 1. The second-order valence-electron chi connectivity index (χ2n) is 6.08. The smallest absolute Gasteiger partial charge is 0.305 e. The molecule has 26 heavy (non-hydrogen) atoms. The molecule has 0 aliphatic carbocycles. The molecule has 1 aliphatic heterocycles. The Kier molecular flexibility index (Phi) is 5.61. The molecule has 136 valence electrons. The summed E-state index contributed by atoms with van der Waals surface area (Å²) < 4.78 is 3.73. The monoisotopic (exact) mass is 455 g/mol. The summed E-state index contributed by atoms with van der Waals surface area (Å²) in [7, 11) is 1.35. The van der Waals surface area contributed by atoms with E-state index in [1.165, 1.54) is 7.11 Å². The van der Waals surface area contributed by atoms with Crippen molar-refractivity contribution in [1.29, 1.82) is 0 Å². The summed E-state index contributed by atoms with van der Waals surface area (Å²) >= 11 is 15.9.